The Kier molecular flexibility index (Phi) is 4.94. The van der Waals surface area contributed by atoms with E-state index in [2.05, 4.69) is 5.32 Å². The van der Waals surface area contributed by atoms with E-state index in [9.17, 15) is 19.1 Å². The van der Waals surface area contributed by atoms with Gasteiger partial charge in [0, 0.05) is 0 Å². The summed E-state index contributed by atoms with van der Waals surface area (Å²) < 4.78 is 12.9. The maximum absolute atomic E-state index is 12.9. The fraction of sp³-hybridized carbons (Fsp3) is 0.500. The van der Waals surface area contributed by atoms with Crippen LogP contribution in [0.15, 0.2) is 24.3 Å². The van der Waals surface area contributed by atoms with Crippen molar-refractivity contribution in [2.75, 3.05) is 0 Å². The molecule has 3 atom stereocenters. The van der Waals surface area contributed by atoms with Crippen molar-refractivity contribution in [1.29, 1.82) is 0 Å². The Labute approximate surface area is 123 Å². The van der Waals surface area contributed by atoms with E-state index in [0.29, 0.717) is 12.8 Å². The van der Waals surface area contributed by atoms with Crippen LogP contribution in [0.2, 0.25) is 0 Å². The molecule has 0 radical (unpaired) electrons. The first-order chi connectivity index (χ1) is 9.99. The Morgan fingerprint density at radius 3 is 2.33 bits per heavy atom. The summed E-state index contributed by atoms with van der Waals surface area (Å²) in [4.78, 5) is 23.6. The van der Waals surface area contributed by atoms with Crippen LogP contribution in [-0.4, -0.2) is 17.0 Å². The summed E-state index contributed by atoms with van der Waals surface area (Å²) in [7, 11) is 0. The van der Waals surface area contributed by atoms with Gasteiger partial charge in [-0.3, -0.25) is 9.59 Å². The Morgan fingerprint density at radius 2 is 1.76 bits per heavy atom. The summed E-state index contributed by atoms with van der Waals surface area (Å²) in [6, 6.07) is 5.66. The van der Waals surface area contributed by atoms with Crippen LogP contribution in [0.3, 0.4) is 0 Å². The Balaban J connectivity index is 2.02. The summed E-state index contributed by atoms with van der Waals surface area (Å²) in [5.74, 6) is -2.52. The molecule has 5 heteroatoms. The third kappa shape index (κ3) is 3.80. The number of hydrogen-bond acceptors (Lipinski definition) is 2. The van der Waals surface area contributed by atoms with Crippen LogP contribution in [0.1, 0.15) is 44.2 Å². The van der Waals surface area contributed by atoms with Gasteiger partial charge in [-0.15, -0.1) is 0 Å². The number of carbonyl (C=O) groups excluding carboxylic acids is 1. The minimum Gasteiger partial charge on any atom is -0.481 e. The number of amides is 1. The van der Waals surface area contributed by atoms with Gasteiger partial charge in [0.2, 0.25) is 5.91 Å². The van der Waals surface area contributed by atoms with E-state index >= 15 is 0 Å². The molecule has 0 spiro atoms. The van der Waals surface area contributed by atoms with Crippen LogP contribution in [-0.2, 0) is 9.59 Å². The molecule has 2 rings (SSSR count). The topological polar surface area (TPSA) is 66.4 Å². The summed E-state index contributed by atoms with van der Waals surface area (Å²) in [6.45, 7) is 1.81. The monoisotopic (exact) mass is 293 g/mol. The molecule has 1 aromatic carbocycles. The van der Waals surface area contributed by atoms with Gasteiger partial charge < -0.3 is 10.4 Å². The molecule has 1 saturated carbocycles. The molecule has 0 aromatic heterocycles. The maximum atomic E-state index is 12.9. The number of halogens is 1. The van der Waals surface area contributed by atoms with E-state index < -0.39 is 17.8 Å². The van der Waals surface area contributed by atoms with Crippen molar-refractivity contribution >= 4 is 11.9 Å². The lowest BCUT2D eigenvalue weighted by Crippen LogP contribution is -2.40. The van der Waals surface area contributed by atoms with E-state index in [4.69, 9.17) is 0 Å². The molecular weight excluding hydrogens is 273 g/mol. The molecule has 0 bridgehead atoms. The Morgan fingerprint density at radius 1 is 1.19 bits per heavy atom. The summed E-state index contributed by atoms with van der Waals surface area (Å²) in [6.07, 6.45) is 2.90. The van der Waals surface area contributed by atoms with Gasteiger partial charge in [-0.25, -0.2) is 4.39 Å². The van der Waals surface area contributed by atoms with Crippen molar-refractivity contribution in [2.24, 2.45) is 11.8 Å². The number of aliphatic carboxylic acids is 1. The molecule has 0 heterocycles. The highest BCUT2D eigenvalue weighted by atomic mass is 19.1. The van der Waals surface area contributed by atoms with Crippen molar-refractivity contribution in [1.82, 2.24) is 5.32 Å². The van der Waals surface area contributed by atoms with Gasteiger partial charge in [0.25, 0.3) is 0 Å². The van der Waals surface area contributed by atoms with Crippen LogP contribution in [0.25, 0.3) is 0 Å². The van der Waals surface area contributed by atoms with Crippen LogP contribution in [0, 0.1) is 17.7 Å². The zero-order chi connectivity index (χ0) is 15.4. The SMILES string of the molecule is C[C@H](NC(=O)C1CCCCC1C(=O)O)c1ccc(F)cc1. The molecule has 114 valence electrons. The third-order valence-electron chi connectivity index (χ3n) is 4.15. The second kappa shape index (κ2) is 6.70. The number of carbonyl (C=O) groups is 2. The molecule has 1 aromatic rings. The molecular formula is C16H20FNO3. The number of carboxylic acids is 1. The number of nitrogens with one attached hydrogen (secondary N) is 1. The fourth-order valence-electron chi connectivity index (χ4n) is 2.90. The third-order valence-corrected chi connectivity index (χ3v) is 4.15. The van der Waals surface area contributed by atoms with Crippen LogP contribution in [0.4, 0.5) is 4.39 Å². The van der Waals surface area contributed by atoms with Crippen molar-refractivity contribution in [3.63, 3.8) is 0 Å². The van der Waals surface area contributed by atoms with Crippen LogP contribution >= 0.6 is 0 Å². The number of rotatable bonds is 4. The quantitative estimate of drug-likeness (QED) is 0.897. The van der Waals surface area contributed by atoms with Crippen molar-refractivity contribution in [3.8, 4) is 0 Å². The predicted molar refractivity (Wildman–Crippen MR) is 76.0 cm³/mol. The zero-order valence-electron chi connectivity index (χ0n) is 12.0. The fourth-order valence-corrected chi connectivity index (χ4v) is 2.90. The van der Waals surface area contributed by atoms with Crippen molar-refractivity contribution in [2.45, 2.75) is 38.6 Å². The summed E-state index contributed by atoms with van der Waals surface area (Å²) >= 11 is 0. The molecule has 4 nitrogen and oxygen atoms in total. The average molecular weight is 293 g/mol. The van der Waals surface area contributed by atoms with E-state index in [-0.39, 0.29) is 17.8 Å². The van der Waals surface area contributed by atoms with E-state index in [1.165, 1.54) is 12.1 Å². The largest absolute Gasteiger partial charge is 0.481 e. The Hall–Kier alpha value is -1.91. The smallest absolute Gasteiger partial charge is 0.307 e. The van der Waals surface area contributed by atoms with Gasteiger partial charge in [0.05, 0.1) is 17.9 Å². The lowest BCUT2D eigenvalue weighted by Gasteiger charge is -2.28. The molecule has 0 aliphatic heterocycles. The summed E-state index contributed by atoms with van der Waals surface area (Å²) in [5.41, 5.74) is 0.799. The molecule has 2 N–H and O–H groups in total. The van der Waals surface area contributed by atoms with E-state index in [0.717, 1.165) is 18.4 Å². The van der Waals surface area contributed by atoms with Gasteiger partial charge in [-0.05, 0) is 37.5 Å². The molecule has 1 fully saturated rings. The standard InChI is InChI=1S/C16H20FNO3/c1-10(11-6-8-12(17)9-7-11)18-15(19)13-4-2-3-5-14(13)16(20)21/h6-10,13-14H,2-5H2,1H3,(H,18,19)(H,20,21)/t10-,13?,14?/m0/s1. The van der Waals surface area contributed by atoms with E-state index in [1.54, 1.807) is 12.1 Å². The second-order valence-corrected chi connectivity index (χ2v) is 5.62. The first-order valence-electron chi connectivity index (χ1n) is 7.27. The van der Waals surface area contributed by atoms with Crippen LogP contribution < -0.4 is 5.32 Å². The highest BCUT2D eigenvalue weighted by Gasteiger charge is 2.36. The minimum atomic E-state index is -0.899. The molecule has 1 amide bonds. The van der Waals surface area contributed by atoms with Gasteiger partial charge in [-0.2, -0.15) is 0 Å². The molecule has 1 aliphatic carbocycles. The van der Waals surface area contributed by atoms with Crippen molar-refractivity contribution in [3.05, 3.63) is 35.6 Å². The average Bonchev–Trinajstić information content (AvgIpc) is 2.47. The molecule has 21 heavy (non-hydrogen) atoms. The number of benzene rings is 1. The van der Waals surface area contributed by atoms with Gasteiger partial charge in [-0.1, -0.05) is 25.0 Å². The lowest BCUT2D eigenvalue weighted by atomic mass is 9.78. The second-order valence-electron chi connectivity index (χ2n) is 5.62. The first-order valence-corrected chi connectivity index (χ1v) is 7.27. The van der Waals surface area contributed by atoms with Gasteiger partial charge in [0.15, 0.2) is 0 Å². The Bertz CT molecular complexity index is 515. The molecule has 1 aliphatic rings. The zero-order valence-corrected chi connectivity index (χ0v) is 12.0. The van der Waals surface area contributed by atoms with Crippen molar-refractivity contribution < 1.29 is 19.1 Å². The van der Waals surface area contributed by atoms with Gasteiger partial charge >= 0.3 is 5.97 Å². The number of carboxylic acid groups (broad SMARTS) is 1. The first kappa shape index (κ1) is 15.5. The highest BCUT2D eigenvalue weighted by molar-refractivity contribution is 5.85. The predicted octanol–water partition coefficient (Wildman–Crippen LogP) is 2.89. The lowest BCUT2D eigenvalue weighted by molar-refractivity contribution is -0.149. The summed E-state index contributed by atoms with van der Waals surface area (Å²) in [5, 5.41) is 12.1. The normalized spacial score (nSPS) is 23.3. The minimum absolute atomic E-state index is 0.223. The molecule has 2 unspecified atom stereocenters. The molecule has 0 saturated heterocycles. The maximum Gasteiger partial charge on any atom is 0.307 e. The van der Waals surface area contributed by atoms with Crippen LogP contribution in [0.5, 0.6) is 0 Å². The van der Waals surface area contributed by atoms with Gasteiger partial charge in [0.1, 0.15) is 5.82 Å². The number of hydrogen-bond donors (Lipinski definition) is 2. The highest BCUT2D eigenvalue weighted by Crippen LogP contribution is 2.31. The van der Waals surface area contributed by atoms with E-state index in [1.807, 2.05) is 6.92 Å².